The van der Waals surface area contributed by atoms with Gasteiger partial charge in [0.1, 0.15) is 5.78 Å². The molecule has 7 unspecified atom stereocenters. The molecule has 4 aliphatic carbocycles. The number of Topliss-reactive ketones (excluding diaryl/α,β-unsaturated/α-hetero) is 1. The second-order valence-electron chi connectivity index (χ2n) is 13.4. The Kier molecular flexibility index (Phi) is 4.65. The first-order chi connectivity index (χ1) is 14.7. The van der Waals surface area contributed by atoms with Gasteiger partial charge in [-0.25, -0.2) is 0 Å². The van der Waals surface area contributed by atoms with Crippen molar-refractivity contribution in [2.24, 2.45) is 58.2 Å². The van der Waals surface area contributed by atoms with Crippen molar-refractivity contribution in [3.63, 3.8) is 0 Å². The molecule has 0 radical (unpaired) electrons. The van der Waals surface area contributed by atoms with Crippen molar-refractivity contribution in [1.29, 1.82) is 0 Å². The van der Waals surface area contributed by atoms with E-state index in [9.17, 15) is 4.79 Å². The van der Waals surface area contributed by atoms with Crippen LogP contribution < -0.4 is 0 Å². The lowest BCUT2D eigenvalue weighted by atomic mass is 9.42. The number of ketones is 1. The van der Waals surface area contributed by atoms with E-state index in [0.717, 1.165) is 56.0 Å². The number of carbonyl (C=O) groups excluding carboxylic acids is 1. The minimum atomic E-state index is -0.306. The molecule has 2 heterocycles. The van der Waals surface area contributed by atoms with Crippen LogP contribution >= 0.6 is 0 Å². The van der Waals surface area contributed by atoms with E-state index < -0.39 is 0 Å². The molecule has 4 saturated carbocycles. The summed E-state index contributed by atoms with van der Waals surface area (Å²) in [6, 6.07) is 0. The first-order valence-corrected chi connectivity index (χ1v) is 13.5. The highest BCUT2D eigenvalue weighted by Crippen LogP contribution is 2.72. The van der Waals surface area contributed by atoms with Crippen LogP contribution in [0.2, 0.25) is 0 Å². The molecule has 2 aliphatic heterocycles. The summed E-state index contributed by atoms with van der Waals surface area (Å²) in [5, 5.41) is 0. The monoisotopic (exact) mass is 428 g/mol. The molecule has 0 N–H and O–H groups in total. The van der Waals surface area contributed by atoms with E-state index in [-0.39, 0.29) is 5.79 Å². The maximum atomic E-state index is 12.2. The lowest BCUT2D eigenvalue weighted by Gasteiger charge is -2.62. The Morgan fingerprint density at radius 3 is 2.52 bits per heavy atom. The van der Waals surface area contributed by atoms with Crippen molar-refractivity contribution in [3.05, 3.63) is 0 Å². The molecule has 31 heavy (non-hydrogen) atoms. The van der Waals surface area contributed by atoms with Crippen molar-refractivity contribution in [1.82, 2.24) is 0 Å². The fourth-order valence-electron chi connectivity index (χ4n) is 10.4. The van der Waals surface area contributed by atoms with E-state index in [4.69, 9.17) is 9.47 Å². The predicted octanol–water partition coefficient (Wildman–Crippen LogP) is 6.25. The van der Waals surface area contributed by atoms with Gasteiger partial charge in [-0.15, -0.1) is 0 Å². The Bertz CT molecular complexity index is 753. The quantitative estimate of drug-likeness (QED) is 0.457. The molecule has 3 heteroatoms. The first kappa shape index (κ1) is 21.1. The van der Waals surface area contributed by atoms with E-state index in [2.05, 4.69) is 34.6 Å². The molecule has 2 saturated heterocycles. The van der Waals surface area contributed by atoms with Gasteiger partial charge < -0.3 is 9.47 Å². The molecule has 6 rings (SSSR count). The molecule has 0 aromatic rings. The van der Waals surface area contributed by atoms with Crippen molar-refractivity contribution in [2.75, 3.05) is 6.61 Å². The number of fused-ring (bicyclic) bond motifs is 7. The molecular formula is C28H44O3. The van der Waals surface area contributed by atoms with Crippen LogP contribution in [0.5, 0.6) is 0 Å². The third-order valence-electron chi connectivity index (χ3n) is 12.3. The Labute approximate surface area is 189 Å². The lowest BCUT2D eigenvalue weighted by Crippen LogP contribution is -2.57. The van der Waals surface area contributed by atoms with Gasteiger partial charge in [0, 0.05) is 25.2 Å². The van der Waals surface area contributed by atoms with Gasteiger partial charge in [0.2, 0.25) is 0 Å². The molecule has 1 spiro atoms. The molecule has 12 atom stereocenters. The van der Waals surface area contributed by atoms with E-state index >= 15 is 0 Å². The lowest BCUT2D eigenvalue weighted by molar-refractivity contribution is -0.273. The van der Waals surface area contributed by atoms with Gasteiger partial charge in [-0.2, -0.15) is 0 Å². The summed E-state index contributed by atoms with van der Waals surface area (Å²) in [6.07, 6.45) is 10.8. The van der Waals surface area contributed by atoms with Crippen molar-refractivity contribution < 1.29 is 14.3 Å². The molecule has 3 nitrogen and oxygen atoms in total. The summed E-state index contributed by atoms with van der Waals surface area (Å²) < 4.78 is 13.4. The number of hydrogen-bond acceptors (Lipinski definition) is 3. The third kappa shape index (κ3) is 2.69. The number of carbonyl (C=O) groups is 1. The summed E-state index contributed by atoms with van der Waals surface area (Å²) >= 11 is 0. The Morgan fingerprint density at radius 2 is 1.77 bits per heavy atom. The van der Waals surface area contributed by atoms with E-state index in [1.807, 2.05) is 0 Å². The fraction of sp³-hybridized carbons (Fsp3) is 0.964. The van der Waals surface area contributed by atoms with Gasteiger partial charge in [-0.1, -0.05) is 34.6 Å². The highest BCUT2D eigenvalue weighted by atomic mass is 16.7. The molecule has 174 valence electrons. The highest BCUT2D eigenvalue weighted by molar-refractivity contribution is 5.79. The summed E-state index contributed by atoms with van der Waals surface area (Å²) in [7, 11) is 0. The topological polar surface area (TPSA) is 35.5 Å². The summed E-state index contributed by atoms with van der Waals surface area (Å²) in [6.45, 7) is 13.4. The molecule has 6 fully saturated rings. The Morgan fingerprint density at radius 1 is 0.968 bits per heavy atom. The standard InChI is InChI=1S/C28H44O3/c1-16-8-11-28(30-15-16)18(3)25-24(31-28)14-23-21-7-6-19-13-20(29)9-10-26(19,4)22(21)12-17(2)27(23,25)5/h16-19,21-25H,6-15H2,1-5H3/t16?,17-,18-,19+,21?,22?,23?,24?,25?,26-,27-,28?/m0/s1. The number of ether oxygens (including phenoxy) is 2. The molecule has 6 aliphatic rings. The van der Waals surface area contributed by atoms with E-state index in [0.29, 0.717) is 46.4 Å². The average molecular weight is 429 g/mol. The molecule has 0 aromatic carbocycles. The predicted molar refractivity (Wildman–Crippen MR) is 121 cm³/mol. The molecule has 0 bridgehead atoms. The van der Waals surface area contributed by atoms with Crippen LogP contribution in [0.1, 0.15) is 92.4 Å². The van der Waals surface area contributed by atoms with Crippen LogP contribution in [-0.4, -0.2) is 24.3 Å². The molecule has 0 amide bonds. The Hall–Kier alpha value is -0.410. The fourth-order valence-corrected chi connectivity index (χ4v) is 10.4. The van der Waals surface area contributed by atoms with E-state index in [1.54, 1.807) is 0 Å². The zero-order valence-corrected chi connectivity index (χ0v) is 20.5. The molecule has 0 aromatic heterocycles. The maximum Gasteiger partial charge on any atom is 0.171 e. The normalized spacial score (nSPS) is 60.9. The zero-order chi connectivity index (χ0) is 21.8. The van der Waals surface area contributed by atoms with Crippen LogP contribution in [0.4, 0.5) is 0 Å². The van der Waals surface area contributed by atoms with Gasteiger partial charge >= 0.3 is 0 Å². The van der Waals surface area contributed by atoms with Gasteiger partial charge in [0.05, 0.1) is 12.7 Å². The van der Waals surface area contributed by atoms with Crippen LogP contribution in [0.3, 0.4) is 0 Å². The van der Waals surface area contributed by atoms with Gasteiger partial charge in [-0.05, 0) is 90.8 Å². The Balaban J connectivity index is 1.30. The van der Waals surface area contributed by atoms with Crippen molar-refractivity contribution >= 4 is 5.78 Å². The van der Waals surface area contributed by atoms with Crippen LogP contribution in [0, 0.1) is 58.2 Å². The van der Waals surface area contributed by atoms with Gasteiger partial charge in [0.25, 0.3) is 0 Å². The number of hydrogen-bond donors (Lipinski definition) is 0. The van der Waals surface area contributed by atoms with Gasteiger partial charge in [-0.3, -0.25) is 4.79 Å². The zero-order valence-electron chi connectivity index (χ0n) is 20.5. The SMILES string of the molecule is CC1CCC2(OC1)OC1CC3C4CC[C@@H]5CC(=O)CC[C@]5(C)C4C[C@H](C)[C@]3(C)C1[C@@H]2C. The van der Waals surface area contributed by atoms with Crippen molar-refractivity contribution in [3.8, 4) is 0 Å². The minimum absolute atomic E-state index is 0.306. The minimum Gasteiger partial charge on any atom is -0.349 e. The van der Waals surface area contributed by atoms with Crippen LogP contribution in [-0.2, 0) is 14.3 Å². The van der Waals surface area contributed by atoms with Crippen molar-refractivity contribution in [2.45, 2.75) is 104 Å². The number of rotatable bonds is 0. The second-order valence-corrected chi connectivity index (χ2v) is 13.4. The summed E-state index contributed by atoms with van der Waals surface area (Å²) in [5.41, 5.74) is 0.759. The van der Waals surface area contributed by atoms with Crippen LogP contribution in [0.25, 0.3) is 0 Å². The van der Waals surface area contributed by atoms with Crippen LogP contribution in [0.15, 0.2) is 0 Å². The largest absolute Gasteiger partial charge is 0.349 e. The maximum absolute atomic E-state index is 12.2. The first-order valence-electron chi connectivity index (χ1n) is 13.5. The third-order valence-corrected chi connectivity index (χ3v) is 12.3. The van der Waals surface area contributed by atoms with E-state index in [1.165, 1.54) is 32.1 Å². The molecular weight excluding hydrogens is 384 g/mol. The second kappa shape index (κ2) is 6.81. The highest BCUT2D eigenvalue weighted by Gasteiger charge is 2.70. The summed E-state index contributed by atoms with van der Waals surface area (Å²) in [5.74, 6) is 5.82. The van der Waals surface area contributed by atoms with Gasteiger partial charge in [0.15, 0.2) is 5.79 Å². The summed E-state index contributed by atoms with van der Waals surface area (Å²) in [4.78, 5) is 12.2. The smallest absolute Gasteiger partial charge is 0.171 e. The average Bonchev–Trinajstić information content (AvgIpc) is 3.18.